The van der Waals surface area contributed by atoms with Gasteiger partial charge in [-0.1, -0.05) is 55.7 Å². The first-order chi connectivity index (χ1) is 10.7. The maximum absolute atomic E-state index is 10.9. The Hall–Kier alpha value is -2.29. The van der Waals surface area contributed by atoms with Crippen LogP contribution in [0.3, 0.4) is 0 Å². The lowest BCUT2D eigenvalue weighted by Gasteiger charge is -2.23. The molecule has 2 aromatic rings. The molecule has 0 heterocycles. The lowest BCUT2D eigenvalue weighted by atomic mass is 9.83. The monoisotopic (exact) mass is 296 g/mol. The summed E-state index contributed by atoms with van der Waals surface area (Å²) in [5, 5.41) is 8.93. The van der Waals surface area contributed by atoms with Crippen LogP contribution in [0.25, 0.3) is 11.1 Å². The number of carbonyl (C=O) groups is 1. The topological polar surface area (TPSA) is 46.5 Å². The SMILES string of the molecule is O=C(O)Oc1ccc(C2CCCCC2)cc1-c1ccccc1. The minimum absolute atomic E-state index is 0.401. The van der Waals surface area contributed by atoms with Crippen molar-refractivity contribution in [1.82, 2.24) is 0 Å². The lowest BCUT2D eigenvalue weighted by Crippen LogP contribution is -2.07. The Morgan fingerprint density at radius 1 is 1.00 bits per heavy atom. The van der Waals surface area contributed by atoms with Crippen LogP contribution in [0.5, 0.6) is 5.75 Å². The van der Waals surface area contributed by atoms with E-state index in [4.69, 9.17) is 9.84 Å². The second-order valence-corrected chi connectivity index (χ2v) is 5.82. The predicted molar refractivity (Wildman–Crippen MR) is 86.4 cm³/mol. The van der Waals surface area contributed by atoms with Crippen molar-refractivity contribution in [3.63, 3.8) is 0 Å². The van der Waals surface area contributed by atoms with Crippen molar-refractivity contribution >= 4 is 6.16 Å². The first kappa shape index (κ1) is 14.6. The normalized spacial score (nSPS) is 15.5. The van der Waals surface area contributed by atoms with Gasteiger partial charge in [0.2, 0.25) is 0 Å². The molecule has 1 saturated carbocycles. The molecule has 1 aliphatic rings. The van der Waals surface area contributed by atoms with Gasteiger partial charge in [-0.2, -0.15) is 0 Å². The molecule has 0 radical (unpaired) electrons. The highest BCUT2D eigenvalue weighted by molar-refractivity contribution is 5.74. The Kier molecular flexibility index (Phi) is 4.42. The first-order valence-corrected chi connectivity index (χ1v) is 7.84. The van der Waals surface area contributed by atoms with Crippen LogP contribution >= 0.6 is 0 Å². The molecule has 114 valence electrons. The Balaban J connectivity index is 2.00. The van der Waals surface area contributed by atoms with E-state index >= 15 is 0 Å². The molecular weight excluding hydrogens is 276 g/mol. The molecule has 0 spiro atoms. The van der Waals surface area contributed by atoms with Gasteiger partial charge in [0.25, 0.3) is 0 Å². The molecular formula is C19H20O3. The second-order valence-electron chi connectivity index (χ2n) is 5.82. The summed E-state index contributed by atoms with van der Waals surface area (Å²) in [5.41, 5.74) is 3.12. The maximum Gasteiger partial charge on any atom is 0.511 e. The number of hydrogen-bond acceptors (Lipinski definition) is 2. The molecule has 0 unspecified atom stereocenters. The fourth-order valence-corrected chi connectivity index (χ4v) is 3.26. The van der Waals surface area contributed by atoms with Crippen LogP contribution in [0.15, 0.2) is 48.5 Å². The minimum Gasteiger partial charge on any atom is -0.449 e. The van der Waals surface area contributed by atoms with E-state index in [2.05, 4.69) is 6.07 Å². The zero-order chi connectivity index (χ0) is 15.4. The number of rotatable bonds is 3. The van der Waals surface area contributed by atoms with E-state index in [1.54, 1.807) is 6.07 Å². The van der Waals surface area contributed by atoms with Crippen LogP contribution < -0.4 is 4.74 Å². The molecule has 0 aromatic heterocycles. The van der Waals surface area contributed by atoms with Crippen molar-refractivity contribution in [3.8, 4) is 16.9 Å². The zero-order valence-electron chi connectivity index (χ0n) is 12.5. The van der Waals surface area contributed by atoms with Gasteiger partial charge in [0, 0.05) is 5.56 Å². The van der Waals surface area contributed by atoms with Crippen LogP contribution in [0, 0.1) is 0 Å². The predicted octanol–water partition coefficient (Wildman–Crippen LogP) is 5.46. The van der Waals surface area contributed by atoms with Gasteiger partial charge in [0.15, 0.2) is 0 Å². The summed E-state index contributed by atoms with van der Waals surface area (Å²) in [6.45, 7) is 0. The molecule has 0 amide bonds. The summed E-state index contributed by atoms with van der Waals surface area (Å²) in [6, 6.07) is 15.7. The molecule has 3 rings (SSSR count). The molecule has 22 heavy (non-hydrogen) atoms. The quantitative estimate of drug-likeness (QED) is 0.604. The van der Waals surface area contributed by atoms with Crippen molar-refractivity contribution in [3.05, 3.63) is 54.1 Å². The highest BCUT2D eigenvalue weighted by Crippen LogP contribution is 2.38. The largest absolute Gasteiger partial charge is 0.511 e. The van der Waals surface area contributed by atoms with E-state index < -0.39 is 6.16 Å². The van der Waals surface area contributed by atoms with Gasteiger partial charge in [-0.05, 0) is 42.0 Å². The summed E-state index contributed by atoms with van der Waals surface area (Å²) in [4.78, 5) is 10.9. The van der Waals surface area contributed by atoms with Gasteiger partial charge in [-0.15, -0.1) is 0 Å². The maximum atomic E-state index is 10.9. The summed E-state index contributed by atoms with van der Waals surface area (Å²) in [6.07, 6.45) is 5.03. The minimum atomic E-state index is -1.28. The number of carboxylic acid groups (broad SMARTS) is 1. The number of ether oxygens (including phenoxy) is 1. The molecule has 1 fully saturated rings. The molecule has 0 atom stereocenters. The number of hydrogen-bond donors (Lipinski definition) is 1. The fraction of sp³-hybridized carbons (Fsp3) is 0.316. The third-order valence-electron chi connectivity index (χ3n) is 4.36. The van der Waals surface area contributed by atoms with Gasteiger partial charge in [-0.25, -0.2) is 4.79 Å². The van der Waals surface area contributed by atoms with E-state index in [9.17, 15) is 4.79 Å². The van der Waals surface area contributed by atoms with Crippen LogP contribution in [0.4, 0.5) is 4.79 Å². The average Bonchev–Trinajstić information content (AvgIpc) is 2.56. The second kappa shape index (κ2) is 6.65. The van der Waals surface area contributed by atoms with Gasteiger partial charge in [-0.3, -0.25) is 0 Å². The standard InChI is InChI=1S/C19H20O3/c20-19(21)22-18-12-11-16(14-7-3-1-4-8-14)13-17(18)15-9-5-2-6-10-15/h2,5-6,9-14H,1,3-4,7-8H2,(H,20,21). The van der Waals surface area contributed by atoms with Crippen LogP contribution in [-0.2, 0) is 0 Å². The highest BCUT2D eigenvalue weighted by Gasteiger charge is 2.18. The molecule has 1 aliphatic carbocycles. The van der Waals surface area contributed by atoms with Gasteiger partial charge in [0.05, 0.1) is 0 Å². The average molecular weight is 296 g/mol. The third-order valence-corrected chi connectivity index (χ3v) is 4.36. The van der Waals surface area contributed by atoms with Crippen molar-refractivity contribution in [1.29, 1.82) is 0 Å². The molecule has 0 saturated heterocycles. The van der Waals surface area contributed by atoms with Crippen LogP contribution in [-0.4, -0.2) is 11.3 Å². The van der Waals surface area contributed by atoms with Crippen LogP contribution in [0.1, 0.15) is 43.6 Å². The van der Waals surface area contributed by atoms with E-state index in [0.717, 1.165) is 11.1 Å². The molecule has 0 aliphatic heterocycles. The van der Waals surface area contributed by atoms with E-state index in [1.807, 2.05) is 36.4 Å². The van der Waals surface area contributed by atoms with Crippen molar-refractivity contribution in [2.75, 3.05) is 0 Å². The summed E-state index contributed by atoms with van der Waals surface area (Å²) in [7, 11) is 0. The van der Waals surface area contributed by atoms with Crippen LogP contribution in [0.2, 0.25) is 0 Å². The number of benzene rings is 2. The lowest BCUT2D eigenvalue weighted by molar-refractivity contribution is 0.144. The summed E-state index contributed by atoms with van der Waals surface area (Å²) in [5.74, 6) is 0.980. The van der Waals surface area contributed by atoms with Crippen molar-refractivity contribution in [2.24, 2.45) is 0 Å². The van der Waals surface area contributed by atoms with Gasteiger partial charge in [0.1, 0.15) is 5.75 Å². The zero-order valence-corrected chi connectivity index (χ0v) is 12.5. The molecule has 0 bridgehead atoms. The Bertz CT molecular complexity index is 643. The highest BCUT2D eigenvalue weighted by atomic mass is 16.7. The van der Waals surface area contributed by atoms with Crippen molar-refractivity contribution < 1.29 is 14.6 Å². The smallest absolute Gasteiger partial charge is 0.449 e. The molecule has 3 nitrogen and oxygen atoms in total. The summed E-state index contributed by atoms with van der Waals surface area (Å²) < 4.78 is 4.96. The first-order valence-electron chi connectivity index (χ1n) is 7.84. The Labute approximate surface area is 130 Å². The molecule has 2 aromatic carbocycles. The molecule has 3 heteroatoms. The Morgan fingerprint density at radius 2 is 1.73 bits per heavy atom. The van der Waals surface area contributed by atoms with E-state index in [0.29, 0.717) is 11.7 Å². The van der Waals surface area contributed by atoms with E-state index in [1.165, 1.54) is 37.7 Å². The molecule has 1 N–H and O–H groups in total. The van der Waals surface area contributed by atoms with E-state index in [-0.39, 0.29) is 0 Å². The fourth-order valence-electron chi connectivity index (χ4n) is 3.26. The van der Waals surface area contributed by atoms with Gasteiger partial charge < -0.3 is 9.84 Å². The Morgan fingerprint density at radius 3 is 2.41 bits per heavy atom. The van der Waals surface area contributed by atoms with Crippen molar-refractivity contribution in [2.45, 2.75) is 38.0 Å². The third kappa shape index (κ3) is 3.30. The summed E-state index contributed by atoms with van der Waals surface area (Å²) >= 11 is 0. The van der Waals surface area contributed by atoms with Gasteiger partial charge >= 0.3 is 6.16 Å².